The smallest absolute Gasteiger partial charge is 0.227 e. The van der Waals surface area contributed by atoms with Crippen LogP contribution in [0, 0.1) is 11.7 Å². The number of likely N-dealkylation sites (tertiary alicyclic amines) is 1. The number of carbonyl (C=O) groups excluding carboxylic acids is 1. The van der Waals surface area contributed by atoms with Crippen LogP contribution >= 0.6 is 15.9 Å². The van der Waals surface area contributed by atoms with Crippen LogP contribution in [0.2, 0.25) is 0 Å². The van der Waals surface area contributed by atoms with Gasteiger partial charge in [-0.05, 0) is 30.0 Å². The van der Waals surface area contributed by atoms with E-state index in [1.165, 1.54) is 12.1 Å². The van der Waals surface area contributed by atoms with Gasteiger partial charge in [0.2, 0.25) is 5.91 Å². The van der Waals surface area contributed by atoms with Gasteiger partial charge in [-0.15, -0.1) is 0 Å². The number of amides is 1. The molecule has 1 aromatic carbocycles. The molecule has 98 valence electrons. The van der Waals surface area contributed by atoms with Gasteiger partial charge >= 0.3 is 0 Å². The maximum absolute atomic E-state index is 12.8. The van der Waals surface area contributed by atoms with Crippen molar-refractivity contribution in [3.05, 3.63) is 35.6 Å². The third-order valence-corrected chi connectivity index (χ3v) is 4.29. The molecule has 1 amide bonds. The summed E-state index contributed by atoms with van der Waals surface area (Å²) in [5, 5.41) is 0.823. The van der Waals surface area contributed by atoms with Crippen LogP contribution in [0.1, 0.15) is 18.9 Å². The molecule has 1 aromatic rings. The number of rotatable bonds is 3. The molecule has 0 bridgehead atoms. The molecule has 2 rings (SSSR count). The minimum Gasteiger partial charge on any atom is -0.338 e. The Morgan fingerprint density at radius 1 is 1.44 bits per heavy atom. The first-order valence-corrected chi connectivity index (χ1v) is 7.34. The van der Waals surface area contributed by atoms with Crippen LogP contribution in [0.3, 0.4) is 0 Å². The van der Waals surface area contributed by atoms with Crippen LogP contribution in [0.25, 0.3) is 0 Å². The van der Waals surface area contributed by atoms with E-state index in [9.17, 15) is 9.18 Å². The van der Waals surface area contributed by atoms with Crippen LogP contribution in [0.5, 0.6) is 0 Å². The van der Waals surface area contributed by atoms with Crippen molar-refractivity contribution in [2.45, 2.75) is 25.8 Å². The number of benzene rings is 1. The molecular weight excluding hydrogens is 297 g/mol. The van der Waals surface area contributed by atoms with Gasteiger partial charge in [0.25, 0.3) is 0 Å². The Morgan fingerprint density at radius 2 is 2.11 bits per heavy atom. The van der Waals surface area contributed by atoms with Gasteiger partial charge in [0, 0.05) is 17.9 Å². The molecule has 0 aliphatic carbocycles. The molecule has 2 nitrogen and oxygen atoms in total. The molecule has 0 radical (unpaired) electrons. The molecule has 0 saturated carbocycles. The predicted octanol–water partition coefficient (Wildman–Crippen LogP) is 3.00. The summed E-state index contributed by atoms with van der Waals surface area (Å²) in [6.07, 6.45) is 1.42. The number of halogens is 2. The summed E-state index contributed by atoms with van der Waals surface area (Å²) in [4.78, 5) is 14.2. The highest BCUT2D eigenvalue weighted by molar-refractivity contribution is 9.09. The van der Waals surface area contributed by atoms with Gasteiger partial charge in [0.15, 0.2) is 0 Å². The van der Waals surface area contributed by atoms with E-state index in [-0.39, 0.29) is 17.8 Å². The van der Waals surface area contributed by atoms with Crippen molar-refractivity contribution < 1.29 is 9.18 Å². The van der Waals surface area contributed by atoms with Crippen molar-refractivity contribution in [1.29, 1.82) is 0 Å². The summed E-state index contributed by atoms with van der Waals surface area (Å²) in [6, 6.07) is 6.44. The number of hydrogen-bond acceptors (Lipinski definition) is 1. The van der Waals surface area contributed by atoms with Crippen LogP contribution in [-0.4, -0.2) is 28.7 Å². The maximum atomic E-state index is 12.8. The molecule has 1 fully saturated rings. The lowest BCUT2D eigenvalue weighted by Gasteiger charge is -2.25. The quantitative estimate of drug-likeness (QED) is 0.786. The van der Waals surface area contributed by atoms with Gasteiger partial charge in [-0.3, -0.25) is 4.79 Å². The third kappa shape index (κ3) is 2.91. The number of nitrogens with zero attached hydrogens (tertiary/aromatic N) is 1. The second-order valence-electron chi connectivity index (χ2n) is 4.88. The number of alkyl halides is 1. The number of carbonyl (C=O) groups is 1. The van der Waals surface area contributed by atoms with Gasteiger partial charge in [0.05, 0.1) is 6.42 Å². The minimum absolute atomic E-state index is 0.135. The molecule has 18 heavy (non-hydrogen) atoms. The average Bonchev–Trinajstić information content (AvgIpc) is 2.73. The fraction of sp³-hybridized carbons (Fsp3) is 0.500. The zero-order valence-corrected chi connectivity index (χ0v) is 12.0. The van der Waals surface area contributed by atoms with Gasteiger partial charge in [-0.2, -0.15) is 0 Å². The Bertz CT molecular complexity index is 420. The molecular formula is C14H17BrFNO. The van der Waals surface area contributed by atoms with Gasteiger partial charge < -0.3 is 4.90 Å². The molecule has 0 spiro atoms. The van der Waals surface area contributed by atoms with E-state index in [1.54, 1.807) is 12.1 Å². The first-order chi connectivity index (χ1) is 8.61. The van der Waals surface area contributed by atoms with Crippen LogP contribution in [0.4, 0.5) is 4.39 Å². The first kappa shape index (κ1) is 13.5. The van der Waals surface area contributed by atoms with Crippen molar-refractivity contribution in [3.8, 4) is 0 Å². The number of hydrogen-bond donors (Lipinski definition) is 0. The standard InChI is InChI=1S/C14H17BrFNO/c1-10-6-7-17(13(10)9-15)14(18)8-11-2-4-12(16)5-3-11/h2-5,10,13H,6-9H2,1H3. The summed E-state index contributed by atoms with van der Waals surface area (Å²) in [5.41, 5.74) is 0.870. The summed E-state index contributed by atoms with van der Waals surface area (Å²) in [6.45, 7) is 3.01. The monoisotopic (exact) mass is 313 g/mol. The fourth-order valence-corrected chi connectivity index (χ4v) is 3.42. The molecule has 1 saturated heterocycles. The zero-order valence-electron chi connectivity index (χ0n) is 10.4. The van der Waals surface area contributed by atoms with E-state index in [0.29, 0.717) is 12.3 Å². The van der Waals surface area contributed by atoms with Crippen molar-refractivity contribution in [2.75, 3.05) is 11.9 Å². The highest BCUT2D eigenvalue weighted by atomic mass is 79.9. The van der Waals surface area contributed by atoms with Gasteiger partial charge in [-0.25, -0.2) is 4.39 Å². The lowest BCUT2D eigenvalue weighted by atomic mass is 10.0. The minimum atomic E-state index is -0.265. The molecule has 1 aliphatic rings. The van der Waals surface area contributed by atoms with E-state index in [2.05, 4.69) is 22.9 Å². The van der Waals surface area contributed by atoms with E-state index in [0.717, 1.165) is 23.9 Å². The summed E-state index contributed by atoms with van der Waals surface area (Å²) in [5.74, 6) is 0.413. The van der Waals surface area contributed by atoms with Gasteiger partial charge in [0.1, 0.15) is 5.82 Å². The molecule has 1 heterocycles. The third-order valence-electron chi connectivity index (χ3n) is 3.63. The normalized spacial score (nSPS) is 23.4. The second-order valence-corrected chi connectivity index (χ2v) is 5.53. The van der Waals surface area contributed by atoms with Gasteiger partial charge in [-0.1, -0.05) is 35.0 Å². The molecule has 2 unspecified atom stereocenters. The topological polar surface area (TPSA) is 20.3 Å². The Kier molecular flexibility index (Phi) is 4.38. The first-order valence-electron chi connectivity index (χ1n) is 6.21. The summed E-state index contributed by atoms with van der Waals surface area (Å²) in [7, 11) is 0. The molecule has 2 atom stereocenters. The molecule has 4 heteroatoms. The van der Waals surface area contributed by atoms with Crippen molar-refractivity contribution in [2.24, 2.45) is 5.92 Å². The Hall–Kier alpha value is -0.900. The largest absolute Gasteiger partial charge is 0.338 e. The molecule has 1 aliphatic heterocycles. The van der Waals surface area contributed by atoms with E-state index in [4.69, 9.17) is 0 Å². The van der Waals surface area contributed by atoms with E-state index >= 15 is 0 Å². The van der Waals surface area contributed by atoms with Crippen LogP contribution in [-0.2, 0) is 11.2 Å². The van der Waals surface area contributed by atoms with Crippen molar-refractivity contribution in [3.63, 3.8) is 0 Å². The zero-order chi connectivity index (χ0) is 13.1. The summed E-state index contributed by atoms with van der Waals surface area (Å²) < 4.78 is 12.8. The van der Waals surface area contributed by atoms with Crippen LogP contribution < -0.4 is 0 Å². The lowest BCUT2D eigenvalue weighted by Crippen LogP contribution is -2.39. The maximum Gasteiger partial charge on any atom is 0.227 e. The second kappa shape index (κ2) is 5.83. The predicted molar refractivity (Wildman–Crippen MR) is 73.2 cm³/mol. The van der Waals surface area contributed by atoms with E-state index < -0.39 is 0 Å². The van der Waals surface area contributed by atoms with Crippen molar-refractivity contribution >= 4 is 21.8 Å². The van der Waals surface area contributed by atoms with Crippen LogP contribution in [0.15, 0.2) is 24.3 Å². The Morgan fingerprint density at radius 3 is 2.72 bits per heavy atom. The highest BCUT2D eigenvalue weighted by Crippen LogP contribution is 2.26. The van der Waals surface area contributed by atoms with Crippen molar-refractivity contribution in [1.82, 2.24) is 4.90 Å². The lowest BCUT2D eigenvalue weighted by molar-refractivity contribution is -0.131. The average molecular weight is 314 g/mol. The molecule has 0 aromatic heterocycles. The Labute approximate surface area is 115 Å². The SMILES string of the molecule is CC1CCN(C(=O)Cc2ccc(F)cc2)C1CBr. The fourth-order valence-electron chi connectivity index (χ4n) is 2.43. The summed E-state index contributed by atoms with van der Waals surface area (Å²) >= 11 is 3.48. The van der Waals surface area contributed by atoms with E-state index in [1.807, 2.05) is 4.90 Å². The highest BCUT2D eigenvalue weighted by Gasteiger charge is 2.33. The molecule has 0 N–H and O–H groups in total. The Balaban J connectivity index is 2.01.